The van der Waals surface area contributed by atoms with Crippen LogP contribution in [0.1, 0.15) is 24.5 Å². The highest BCUT2D eigenvalue weighted by atomic mass is 35.5. The number of aromatic nitrogens is 1. The summed E-state index contributed by atoms with van der Waals surface area (Å²) in [5.74, 6) is 0. The Morgan fingerprint density at radius 1 is 1.37 bits per heavy atom. The minimum absolute atomic E-state index is 0.574. The lowest BCUT2D eigenvalue weighted by molar-refractivity contribution is 0.682. The van der Waals surface area contributed by atoms with Gasteiger partial charge >= 0.3 is 0 Å². The number of anilines is 1. The summed E-state index contributed by atoms with van der Waals surface area (Å²) in [6, 6.07) is 9.44. The lowest BCUT2D eigenvalue weighted by atomic mass is 10.2. The number of benzene rings is 1. The van der Waals surface area contributed by atoms with E-state index in [2.05, 4.69) is 41.3 Å². The fraction of sp³-hybridized carbons (Fsp3) is 0.267. The SMILES string of the molecule is CCCn1ccc(CNc2ccc(C#N)cc2Cl)c1. The molecule has 0 saturated carbocycles. The summed E-state index contributed by atoms with van der Waals surface area (Å²) in [4.78, 5) is 0. The van der Waals surface area contributed by atoms with E-state index in [0.29, 0.717) is 10.6 Å². The van der Waals surface area contributed by atoms with Crippen molar-refractivity contribution >= 4 is 17.3 Å². The number of hydrogen-bond donors (Lipinski definition) is 1. The van der Waals surface area contributed by atoms with Crippen LogP contribution in [0.2, 0.25) is 5.02 Å². The van der Waals surface area contributed by atoms with Gasteiger partial charge in [0.25, 0.3) is 0 Å². The summed E-state index contributed by atoms with van der Waals surface area (Å²) >= 11 is 6.11. The Morgan fingerprint density at radius 2 is 2.21 bits per heavy atom. The van der Waals surface area contributed by atoms with Crippen LogP contribution in [0.4, 0.5) is 5.69 Å². The highest BCUT2D eigenvalue weighted by Crippen LogP contribution is 2.23. The predicted octanol–water partition coefficient (Wildman–Crippen LogP) is 4.04. The second-order valence-electron chi connectivity index (χ2n) is 4.42. The summed E-state index contributed by atoms with van der Waals surface area (Å²) < 4.78 is 2.18. The molecule has 3 nitrogen and oxygen atoms in total. The van der Waals surface area contributed by atoms with Crippen molar-refractivity contribution in [2.24, 2.45) is 0 Å². The first-order chi connectivity index (χ1) is 9.22. The quantitative estimate of drug-likeness (QED) is 0.893. The number of nitrogens with one attached hydrogen (secondary N) is 1. The van der Waals surface area contributed by atoms with Crippen molar-refractivity contribution in [1.29, 1.82) is 5.26 Å². The number of nitrogens with zero attached hydrogens (tertiary/aromatic N) is 2. The molecule has 1 aromatic heterocycles. The molecule has 1 N–H and O–H groups in total. The Labute approximate surface area is 118 Å². The molecule has 0 aliphatic rings. The molecule has 19 heavy (non-hydrogen) atoms. The van der Waals surface area contributed by atoms with Gasteiger partial charge in [0.1, 0.15) is 0 Å². The molecule has 0 radical (unpaired) electrons. The molecule has 0 amide bonds. The molecule has 0 unspecified atom stereocenters. The lowest BCUT2D eigenvalue weighted by Gasteiger charge is -2.07. The molecule has 4 heteroatoms. The zero-order valence-electron chi connectivity index (χ0n) is 10.9. The largest absolute Gasteiger partial charge is 0.380 e. The average molecular weight is 274 g/mol. The third-order valence-electron chi connectivity index (χ3n) is 2.87. The normalized spacial score (nSPS) is 10.2. The van der Waals surface area contributed by atoms with Crippen LogP contribution in [-0.2, 0) is 13.1 Å². The van der Waals surface area contributed by atoms with Crippen molar-refractivity contribution < 1.29 is 0 Å². The molecule has 0 atom stereocenters. The minimum atomic E-state index is 0.574. The zero-order valence-corrected chi connectivity index (χ0v) is 11.6. The Hall–Kier alpha value is -1.92. The van der Waals surface area contributed by atoms with E-state index >= 15 is 0 Å². The van der Waals surface area contributed by atoms with Crippen LogP contribution in [0.5, 0.6) is 0 Å². The molecule has 1 heterocycles. The zero-order chi connectivity index (χ0) is 13.7. The van der Waals surface area contributed by atoms with Crippen LogP contribution in [0, 0.1) is 11.3 Å². The molecule has 0 fully saturated rings. The average Bonchev–Trinajstić information content (AvgIpc) is 2.85. The third kappa shape index (κ3) is 3.52. The van der Waals surface area contributed by atoms with Crippen molar-refractivity contribution in [2.45, 2.75) is 26.4 Å². The van der Waals surface area contributed by atoms with Gasteiger partial charge in [-0.2, -0.15) is 5.26 Å². The van der Waals surface area contributed by atoms with Crippen LogP contribution in [0.15, 0.2) is 36.7 Å². The van der Waals surface area contributed by atoms with Gasteiger partial charge in [-0.1, -0.05) is 18.5 Å². The molecule has 2 aromatic rings. The molecular weight excluding hydrogens is 258 g/mol. The van der Waals surface area contributed by atoms with Crippen molar-refractivity contribution in [3.05, 3.63) is 52.8 Å². The number of nitriles is 1. The molecule has 0 bridgehead atoms. The standard InChI is InChI=1S/C15H16ClN3/c1-2-6-19-7-5-13(11-19)10-18-15-4-3-12(9-17)8-14(15)16/h3-5,7-8,11,18H,2,6,10H2,1H3. The van der Waals surface area contributed by atoms with Crippen LogP contribution < -0.4 is 5.32 Å². The van der Waals surface area contributed by atoms with E-state index in [4.69, 9.17) is 16.9 Å². The van der Waals surface area contributed by atoms with Crippen LogP contribution in [-0.4, -0.2) is 4.57 Å². The molecule has 0 aliphatic carbocycles. The molecule has 0 saturated heterocycles. The maximum atomic E-state index is 8.78. The number of halogens is 1. The Kier molecular flexibility index (Phi) is 4.48. The van der Waals surface area contributed by atoms with Gasteiger partial charge in [0.2, 0.25) is 0 Å². The summed E-state index contributed by atoms with van der Waals surface area (Å²) in [5.41, 5.74) is 2.64. The van der Waals surface area contributed by atoms with Gasteiger partial charge in [-0.15, -0.1) is 0 Å². The van der Waals surface area contributed by atoms with Gasteiger partial charge in [-0.05, 0) is 36.2 Å². The van der Waals surface area contributed by atoms with E-state index in [9.17, 15) is 0 Å². The van der Waals surface area contributed by atoms with Crippen LogP contribution >= 0.6 is 11.6 Å². The Bertz CT molecular complexity index is 596. The van der Waals surface area contributed by atoms with E-state index in [1.54, 1.807) is 12.1 Å². The number of aryl methyl sites for hydroxylation is 1. The van der Waals surface area contributed by atoms with Crippen LogP contribution in [0.25, 0.3) is 0 Å². The molecule has 0 aliphatic heterocycles. The monoisotopic (exact) mass is 273 g/mol. The molecule has 2 rings (SSSR count). The number of rotatable bonds is 5. The van der Waals surface area contributed by atoms with Crippen molar-refractivity contribution in [3.63, 3.8) is 0 Å². The summed E-state index contributed by atoms with van der Waals surface area (Å²) in [7, 11) is 0. The first-order valence-corrected chi connectivity index (χ1v) is 6.69. The maximum Gasteiger partial charge on any atom is 0.0992 e. The number of hydrogen-bond acceptors (Lipinski definition) is 2. The van der Waals surface area contributed by atoms with E-state index in [-0.39, 0.29) is 0 Å². The minimum Gasteiger partial charge on any atom is -0.380 e. The summed E-state index contributed by atoms with van der Waals surface area (Å²) in [6.45, 7) is 3.93. The highest BCUT2D eigenvalue weighted by Gasteiger charge is 2.02. The second-order valence-corrected chi connectivity index (χ2v) is 4.82. The van der Waals surface area contributed by atoms with Gasteiger partial charge in [0, 0.05) is 25.5 Å². The fourth-order valence-electron chi connectivity index (χ4n) is 1.92. The maximum absolute atomic E-state index is 8.78. The van der Waals surface area contributed by atoms with Gasteiger partial charge in [0.05, 0.1) is 22.3 Å². The lowest BCUT2D eigenvalue weighted by Crippen LogP contribution is -1.99. The van der Waals surface area contributed by atoms with E-state index < -0.39 is 0 Å². The van der Waals surface area contributed by atoms with Crippen LogP contribution in [0.3, 0.4) is 0 Å². The van der Waals surface area contributed by atoms with E-state index in [1.807, 2.05) is 6.07 Å². The molecule has 98 valence electrons. The second kappa shape index (κ2) is 6.31. The molecule has 1 aromatic carbocycles. The molecular formula is C15H16ClN3. The van der Waals surface area contributed by atoms with Crippen molar-refractivity contribution in [3.8, 4) is 6.07 Å². The Morgan fingerprint density at radius 3 is 2.89 bits per heavy atom. The van der Waals surface area contributed by atoms with Gasteiger partial charge in [-0.3, -0.25) is 0 Å². The smallest absolute Gasteiger partial charge is 0.0992 e. The third-order valence-corrected chi connectivity index (χ3v) is 3.19. The first-order valence-electron chi connectivity index (χ1n) is 6.31. The van der Waals surface area contributed by atoms with E-state index in [1.165, 1.54) is 5.56 Å². The molecule has 0 spiro atoms. The van der Waals surface area contributed by atoms with Crippen molar-refractivity contribution in [2.75, 3.05) is 5.32 Å². The summed E-state index contributed by atoms with van der Waals surface area (Å²) in [6.07, 6.45) is 5.35. The van der Waals surface area contributed by atoms with Gasteiger partial charge in [-0.25, -0.2) is 0 Å². The van der Waals surface area contributed by atoms with E-state index in [0.717, 1.165) is 25.2 Å². The first kappa shape index (κ1) is 13.5. The summed E-state index contributed by atoms with van der Waals surface area (Å²) in [5, 5.41) is 12.6. The van der Waals surface area contributed by atoms with Crippen molar-refractivity contribution in [1.82, 2.24) is 4.57 Å². The van der Waals surface area contributed by atoms with Gasteiger partial charge in [0.15, 0.2) is 0 Å². The predicted molar refractivity (Wildman–Crippen MR) is 78.2 cm³/mol. The Balaban J connectivity index is 2.00. The fourth-order valence-corrected chi connectivity index (χ4v) is 2.17. The van der Waals surface area contributed by atoms with Gasteiger partial charge < -0.3 is 9.88 Å². The highest BCUT2D eigenvalue weighted by molar-refractivity contribution is 6.33. The topological polar surface area (TPSA) is 40.8 Å².